The number of hydrogen-bond acceptors (Lipinski definition) is 5. The van der Waals surface area contributed by atoms with Crippen LogP contribution in [0.4, 0.5) is 0 Å². The lowest BCUT2D eigenvalue weighted by Gasteiger charge is -2.15. The highest BCUT2D eigenvalue weighted by Crippen LogP contribution is 2.21. The molecule has 0 aliphatic carbocycles. The summed E-state index contributed by atoms with van der Waals surface area (Å²) in [5.41, 5.74) is 3.11. The topological polar surface area (TPSA) is 72.7 Å². The zero-order valence-corrected chi connectivity index (χ0v) is 17.1. The van der Waals surface area contributed by atoms with Gasteiger partial charge >= 0.3 is 0 Å². The smallest absolute Gasteiger partial charge is 0.230 e. The van der Waals surface area contributed by atoms with Crippen molar-refractivity contribution >= 4 is 28.4 Å². The Kier molecular flexibility index (Phi) is 5.57. The largest absolute Gasteiger partial charge is 0.349 e. The van der Waals surface area contributed by atoms with Gasteiger partial charge in [0.25, 0.3) is 0 Å². The van der Waals surface area contributed by atoms with Crippen molar-refractivity contribution in [2.75, 3.05) is 5.75 Å². The molecule has 0 spiro atoms. The van der Waals surface area contributed by atoms with Crippen LogP contribution in [0.25, 0.3) is 16.5 Å². The fraction of sp³-hybridized carbons (Fsp3) is 0.182. The van der Waals surface area contributed by atoms with E-state index in [-0.39, 0.29) is 17.7 Å². The summed E-state index contributed by atoms with van der Waals surface area (Å²) in [5, 5.41) is 17.8. The van der Waals surface area contributed by atoms with Gasteiger partial charge in [0.1, 0.15) is 0 Å². The fourth-order valence-electron chi connectivity index (χ4n) is 3.09. The van der Waals surface area contributed by atoms with E-state index in [1.54, 1.807) is 4.68 Å². The van der Waals surface area contributed by atoms with Crippen molar-refractivity contribution in [2.24, 2.45) is 0 Å². The zero-order valence-electron chi connectivity index (χ0n) is 16.2. The van der Waals surface area contributed by atoms with Gasteiger partial charge in [-0.3, -0.25) is 4.79 Å². The highest BCUT2D eigenvalue weighted by Gasteiger charge is 2.14. The number of nitrogens with one attached hydrogen (secondary N) is 1. The molecule has 1 unspecified atom stereocenters. The number of benzene rings is 3. The Morgan fingerprint density at radius 3 is 2.62 bits per heavy atom. The van der Waals surface area contributed by atoms with Crippen molar-refractivity contribution in [3.63, 3.8) is 0 Å². The van der Waals surface area contributed by atoms with Crippen LogP contribution in [0.5, 0.6) is 0 Å². The molecule has 1 heterocycles. The first kappa shape index (κ1) is 19.1. The molecule has 0 bridgehead atoms. The lowest BCUT2D eigenvalue weighted by atomic mass is 10.0. The standard InChI is InChI=1S/C22H21N5OS/c1-15-7-11-20(12-8-15)27-22(24-25-26-27)29-14-21(28)23-16(2)18-10-9-17-5-3-4-6-19(17)13-18/h3-13,16H,14H2,1-2H3,(H,23,28). The van der Waals surface area contributed by atoms with Gasteiger partial charge in [-0.2, -0.15) is 4.68 Å². The quantitative estimate of drug-likeness (QED) is 0.491. The molecule has 1 amide bonds. The molecule has 6 nitrogen and oxygen atoms in total. The molecule has 7 heteroatoms. The van der Waals surface area contributed by atoms with E-state index in [0.29, 0.717) is 5.16 Å². The summed E-state index contributed by atoms with van der Waals surface area (Å²) in [5.74, 6) is 0.179. The second-order valence-corrected chi connectivity index (χ2v) is 7.84. The molecular weight excluding hydrogens is 382 g/mol. The van der Waals surface area contributed by atoms with Gasteiger partial charge < -0.3 is 5.32 Å². The number of carbonyl (C=O) groups excluding carboxylic acids is 1. The van der Waals surface area contributed by atoms with Gasteiger partial charge in [0, 0.05) is 0 Å². The molecule has 4 rings (SSSR count). The third-order valence-electron chi connectivity index (χ3n) is 4.70. The van der Waals surface area contributed by atoms with E-state index in [4.69, 9.17) is 0 Å². The molecule has 146 valence electrons. The minimum Gasteiger partial charge on any atom is -0.349 e. The van der Waals surface area contributed by atoms with E-state index >= 15 is 0 Å². The molecule has 3 aromatic carbocycles. The summed E-state index contributed by atoms with van der Waals surface area (Å²) >= 11 is 1.32. The van der Waals surface area contributed by atoms with Gasteiger partial charge in [-0.15, -0.1) is 5.10 Å². The Bertz CT molecular complexity index is 1140. The summed E-state index contributed by atoms with van der Waals surface area (Å²) in [7, 11) is 0. The molecule has 1 N–H and O–H groups in total. The fourth-order valence-corrected chi connectivity index (χ4v) is 3.79. The van der Waals surface area contributed by atoms with Crippen LogP contribution < -0.4 is 5.32 Å². The first-order chi connectivity index (χ1) is 14.1. The molecular formula is C22H21N5OS. The molecule has 1 atom stereocenters. The number of nitrogens with zero attached hydrogens (tertiary/aromatic N) is 4. The Hall–Kier alpha value is -3.19. The molecule has 29 heavy (non-hydrogen) atoms. The van der Waals surface area contributed by atoms with Crippen LogP contribution in [-0.2, 0) is 4.79 Å². The monoisotopic (exact) mass is 403 g/mol. The van der Waals surface area contributed by atoms with Crippen LogP contribution in [0.2, 0.25) is 0 Å². The highest BCUT2D eigenvalue weighted by atomic mass is 32.2. The van der Waals surface area contributed by atoms with E-state index < -0.39 is 0 Å². The maximum absolute atomic E-state index is 12.5. The molecule has 0 fully saturated rings. The van der Waals surface area contributed by atoms with E-state index in [0.717, 1.165) is 22.2 Å². The van der Waals surface area contributed by atoms with Gasteiger partial charge in [-0.25, -0.2) is 0 Å². The summed E-state index contributed by atoms with van der Waals surface area (Å²) in [6, 6.07) is 22.3. The second-order valence-electron chi connectivity index (χ2n) is 6.89. The third kappa shape index (κ3) is 4.46. The van der Waals surface area contributed by atoms with E-state index in [1.807, 2.05) is 50.2 Å². The van der Waals surface area contributed by atoms with Gasteiger partial charge in [-0.05, 0) is 58.8 Å². The predicted octanol–water partition coefficient (Wildman–Crippen LogP) is 4.09. The molecule has 0 aliphatic rings. The van der Waals surface area contributed by atoms with Crippen molar-refractivity contribution in [1.82, 2.24) is 25.5 Å². The average Bonchev–Trinajstić information content (AvgIpc) is 3.21. The SMILES string of the molecule is Cc1ccc(-n2nnnc2SCC(=O)NC(C)c2ccc3ccccc3c2)cc1. The van der Waals surface area contributed by atoms with Crippen LogP contribution in [0.1, 0.15) is 24.1 Å². The van der Waals surface area contributed by atoms with E-state index in [2.05, 4.69) is 51.2 Å². The van der Waals surface area contributed by atoms with Crippen LogP contribution in [0, 0.1) is 6.92 Å². The van der Waals surface area contributed by atoms with Crippen LogP contribution in [0.15, 0.2) is 71.9 Å². The molecule has 0 saturated heterocycles. The summed E-state index contributed by atoms with van der Waals surface area (Å²) in [4.78, 5) is 12.5. The lowest BCUT2D eigenvalue weighted by Crippen LogP contribution is -2.28. The first-order valence-corrected chi connectivity index (χ1v) is 10.3. The number of tetrazole rings is 1. The predicted molar refractivity (Wildman–Crippen MR) is 115 cm³/mol. The van der Waals surface area contributed by atoms with Gasteiger partial charge in [0.15, 0.2) is 0 Å². The summed E-state index contributed by atoms with van der Waals surface area (Å²) in [6.45, 7) is 4.02. The van der Waals surface area contributed by atoms with Crippen LogP contribution in [-0.4, -0.2) is 31.9 Å². The molecule has 4 aromatic rings. The first-order valence-electron chi connectivity index (χ1n) is 9.36. The molecule has 1 aromatic heterocycles. The van der Waals surface area contributed by atoms with Gasteiger partial charge in [0.2, 0.25) is 11.1 Å². The highest BCUT2D eigenvalue weighted by molar-refractivity contribution is 7.99. The number of carbonyl (C=O) groups is 1. The van der Waals surface area contributed by atoms with Crippen LogP contribution >= 0.6 is 11.8 Å². The average molecular weight is 404 g/mol. The Morgan fingerprint density at radius 1 is 1.07 bits per heavy atom. The molecule has 0 aliphatic heterocycles. The number of fused-ring (bicyclic) bond motifs is 1. The van der Waals surface area contributed by atoms with E-state index in [9.17, 15) is 4.79 Å². The number of hydrogen-bond donors (Lipinski definition) is 1. The number of rotatable bonds is 6. The second kappa shape index (κ2) is 8.45. The summed E-state index contributed by atoms with van der Waals surface area (Å²) < 4.78 is 1.64. The number of aromatic nitrogens is 4. The molecule has 0 radical (unpaired) electrons. The third-order valence-corrected chi connectivity index (χ3v) is 5.62. The summed E-state index contributed by atoms with van der Waals surface area (Å²) in [6.07, 6.45) is 0. The Labute approximate surface area is 173 Å². The van der Waals surface area contributed by atoms with Crippen molar-refractivity contribution < 1.29 is 4.79 Å². The maximum atomic E-state index is 12.5. The van der Waals surface area contributed by atoms with E-state index in [1.165, 1.54) is 17.1 Å². The number of aryl methyl sites for hydroxylation is 1. The van der Waals surface area contributed by atoms with Gasteiger partial charge in [0.05, 0.1) is 17.5 Å². The molecule has 0 saturated carbocycles. The van der Waals surface area contributed by atoms with Crippen molar-refractivity contribution in [1.29, 1.82) is 0 Å². The minimum absolute atomic E-state index is 0.0610. The number of amides is 1. The van der Waals surface area contributed by atoms with Gasteiger partial charge in [-0.1, -0.05) is 65.9 Å². The zero-order chi connectivity index (χ0) is 20.2. The normalized spacial score (nSPS) is 12.1. The van der Waals surface area contributed by atoms with Crippen LogP contribution in [0.3, 0.4) is 0 Å². The minimum atomic E-state index is -0.0826. The Morgan fingerprint density at radius 2 is 1.83 bits per heavy atom. The Balaban J connectivity index is 1.39. The van der Waals surface area contributed by atoms with Crippen molar-refractivity contribution in [2.45, 2.75) is 25.0 Å². The van der Waals surface area contributed by atoms with Crippen molar-refractivity contribution in [3.8, 4) is 5.69 Å². The maximum Gasteiger partial charge on any atom is 0.230 e. The number of thioether (sulfide) groups is 1. The van der Waals surface area contributed by atoms with Crippen molar-refractivity contribution in [3.05, 3.63) is 77.9 Å². The lowest BCUT2D eigenvalue weighted by molar-refractivity contribution is -0.119.